The Labute approximate surface area is 83.5 Å². The predicted octanol–water partition coefficient (Wildman–Crippen LogP) is 0.218. The zero-order valence-electron chi connectivity index (χ0n) is 8.99. The summed E-state index contributed by atoms with van der Waals surface area (Å²) in [6.45, 7) is 6.92. The average Bonchev–Trinajstić information content (AvgIpc) is 2.00. The third kappa shape index (κ3) is 4.81. The number of carbonyl (C=O) groups is 2. The Kier molecular flexibility index (Phi) is 4.56. The summed E-state index contributed by atoms with van der Waals surface area (Å²) < 4.78 is 9.48. The van der Waals surface area contributed by atoms with Crippen LogP contribution >= 0.6 is 0 Å². The summed E-state index contributed by atoms with van der Waals surface area (Å²) in [5, 5.41) is 0. The van der Waals surface area contributed by atoms with Crippen molar-refractivity contribution in [1.29, 1.82) is 0 Å². The summed E-state index contributed by atoms with van der Waals surface area (Å²) in [6, 6.07) is -1.35. The van der Waals surface area contributed by atoms with E-state index in [0.717, 1.165) is 0 Å². The summed E-state index contributed by atoms with van der Waals surface area (Å²) in [7, 11) is 0. The minimum atomic E-state index is -1.35. The lowest BCUT2D eigenvalue weighted by atomic mass is 10.2. The van der Waals surface area contributed by atoms with Crippen LogP contribution in [0, 0.1) is 0 Å². The Bertz CT molecular complexity index is 219. The van der Waals surface area contributed by atoms with Crippen LogP contribution in [0.3, 0.4) is 0 Å². The zero-order valence-corrected chi connectivity index (χ0v) is 8.99. The molecule has 0 saturated carbocycles. The van der Waals surface area contributed by atoms with E-state index in [1.165, 1.54) is 0 Å². The van der Waals surface area contributed by atoms with Gasteiger partial charge in [0.05, 0.1) is 6.61 Å². The van der Waals surface area contributed by atoms with E-state index < -0.39 is 23.6 Å². The van der Waals surface area contributed by atoms with Crippen molar-refractivity contribution in [3.63, 3.8) is 0 Å². The zero-order chi connectivity index (χ0) is 11.4. The lowest BCUT2D eigenvalue weighted by molar-refractivity contribution is -0.163. The van der Waals surface area contributed by atoms with Gasteiger partial charge in [0.1, 0.15) is 5.60 Å². The molecule has 2 N–H and O–H groups in total. The van der Waals surface area contributed by atoms with Crippen LogP contribution in [0.4, 0.5) is 0 Å². The van der Waals surface area contributed by atoms with E-state index in [2.05, 4.69) is 4.74 Å². The van der Waals surface area contributed by atoms with Crippen LogP contribution in [-0.4, -0.2) is 30.2 Å². The van der Waals surface area contributed by atoms with E-state index in [0.29, 0.717) is 0 Å². The molecule has 0 aromatic carbocycles. The van der Waals surface area contributed by atoms with Crippen LogP contribution in [0.5, 0.6) is 0 Å². The second kappa shape index (κ2) is 4.95. The molecular formula is C9H17NO4. The number of hydrogen-bond acceptors (Lipinski definition) is 5. The van der Waals surface area contributed by atoms with E-state index in [9.17, 15) is 9.59 Å². The van der Waals surface area contributed by atoms with Gasteiger partial charge in [-0.15, -0.1) is 0 Å². The normalized spacial score (nSPS) is 13.2. The van der Waals surface area contributed by atoms with E-state index >= 15 is 0 Å². The van der Waals surface area contributed by atoms with Crippen molar-refractivity contribution in [1.82, 2.24) is 0 Å². The number of nitrogens with two attached hydrogens (primary N) is 1. The van der Waals surface area contributed by atoms with Gasteiger partial charge in [-0.2, -0.15) is 0 Å². The average molecular weight is 203 g/mol. The van der Waals surface area contributed by atoms with Crippen molar-refractivity contribution in [2.24, 2.45) is 5.73 Å². The first-order valence-electron chi connectivity index (χ1n) is 4.43. The maximum Gasteiger partial charge on any atom is 0.335 e. The number of rotatable bonds is 3. The van der Waals surface area contributed by atoms with Crippen LogP contribution < -0.4 is 5.73 Å². The van der Waals surface area contributed by atoms with Gasteiger partial charge >= 0.3 is 11.9 Å². The molecule has 0 amide bonds. The number of ether oxygens (including phenoxy) is 2. The highest BCUT2D eigenvalue weighted by Gasteiger charge is 2.28. The molecule has 0 spiro atoms. The molecule has 82 valence electrons. The second-order valence-corrected chi connectivity index (χ2v) is 3.76. The van der Waals surface area contributed by atoms with Gasteiger partial charge in [0.2, 0.25) is 6.04 Å². The monoisotopic (exact) mass is 203 g/mol. The second-order valence-electron chi connectivity index (χ2n) is 3.76. The summed E-state index contributed by atoms with van der Waals surface area (Å²) in [5.41, 5.74) is 4.65. The Balaban J connectivity index is 4.19. The lowest BCUT2D eigenvalue weighted by Gasteiger charge is -2.21. The molecule has 0 aliphatic rings. The van der Waals surface area contributed by atoms with Crippen LogP contribution in [0.15, 0.2) is 0 Å². The Morgan fingerprint density at radius 3 is 2.14 bits per heavy atom. The fourth-order valence-electron chi connectivity index (χ4n) is 0.694. The number of hydrogen-bond donors (Lipinski definition) is 1. The molecule has 14 heavy (non-hydrogen) atoms. The summed E-state index contributed by atoms with van der Waals surface area (Å²) in [6.07, 6.45) is 0. The summed E-state index contributed by atoms with van der Waals surface area (Å²) in [5.74, 6) is -1.53. The lowest BCUT2D eigenvalue weighted by Crippen LogP contribution is -2.43. The molecule has 0 heterocycles. The molecule has 0 bridgehead atoms. The maximum atomic E-state index is 11.2. The third-order valence-electron chi connectivity index (χ3n) is 1.20. The molecule has 0 saturated heterocycles. The minimum Gasteiger partial charge on any atom is -0.464 e. The van der Waals surface area contributed by atoms with Crippen molar-refractivity contribution >= 4 is 11.9 Å². The van der Waals surface area contributed by atoms with E-state index in [1.807, 2.05) is 0 Å². The molecule has 0 fully saturated rings. The van der Waals surface area contributed by atoms with Crippen molar-refractivity contribution in [2.45, 2.75) is 39.3 Å². The molecular weight excluding hydrogens is 186 g/mol. The third-order valence-corrected chi connectivity index (χ3v) is 1.20. The van der Waals surface area contributed by atoms with Gasteiger partial charge in [0, 0.05) is 0 Å². The van der Waals surface area contributed by atoms with Crippen LogP contribution in [0.1, 0.15) is 27.7 Å². The molecule has 0 aromatic rings. The minimum absolute atomic E-state index is 0.190. The van der Waals surface area contributed by atoms with Crippen molar-refractivity contribution in [2.75, 3.05) is 6.61 Å². The van der Waals surface area contributed by atoms with Crippen LogP contribution in [0.25, 0.3) is 0 Å². The molecule has 0 aromatic heterocycles. The van der Waals surface area contributed by atoms with Crippen molar-refractivity contribution in [3.05, 3.63) is 0 Å². The van der Waals surface area contributed by atoms with Crippen LogP contribution in [-0.2, 0) is 19.1 Å². The molecule has 5 heteroatoms. The van der Waals surface area contributed by atoms with E-state index in [-0.39, 0.29) is 6.61 Å². The summed E-state index contributed by atoms with van der Waals surface area (Å²) in [4.78, 5) is 22.2. The Morgan fingerprint density at radius 2 is 1.79 bits per heavy atom. The van der Waals surface area contributed by atoms with Crippen molar-refractivity contribution in [3.8, 4) is 0 Å². The maximum absolute atomic E-state index is 11.2. The Morgan fingerprint density at radius 1 is 1.29 bits per heavy atom. The highest BCUT2D eigenvalue weighted by molar-refractivity contribution is 5.99. The van der Waals surface area contributed by atoms with Gasteiger partial charge in [-0.05, 0) is 27.7 Å². The number of esters is 2. The molecule has 0 radical (unpaired) electrons. The van der Waals surface area contributed by atoms with Gasteiger partial charge in [-0.25, -0.2) is 9.59 Å². The van der Waals surface area contributed by atoms with Crippen LogP contribution in [0.2, 0.25) is 0 Å². The molecule has 0 aliphatic carbocycles. The van der Waals surface area contributed by atoms with Gasteiger partial charge in [-0.1, -0.05) is 0 Å². The van der Waals surface area contributed by atoms with Gasteiger partial charge in [-0.3, -0.25) is 0 Å². The van der Waals surface area contributed by atoms with Crippen molar-refractivity contribution < 1.29 is 19.1 Å². The fraction of sp³-hybridized carbons (Fsp3) is 0.778. The first-order valence-corrected chi connectivity index (χ1v) is 4.43. The van der Waals surface area contributed by atoms with Gasteiger partial charge in [0.15, 0.2) is 0 Å². The fourth-order valence-corrected chi connectivity index (χ4v) is 0.694. The SMILES string of the molecule is CCOC(=O)C(N)C(=O)OC(C)(C)C. The quantitative estimate of drug-likeness (QED) is 0.524. The highest BCUT2D eigenvalue weighted by Crippen LogP contribution is 2.08. The number of carbonyl (C=O) groups excluding carboxylic acids is 2. The molecule has 1 atom stereocenters. The van der Waals surface area contributed by atoms with Gasteiger partial charge < -0.3 is 15.2 Å². The first-order chi connectivity index (χ1) is 6.28. The smallest absolute Gasteiger partial charge is 0.335 e. The molecule has 0 aliphatic heterocycles. The first kappa shape index (κ1) is 12.9. The van der Waals surface area contributed by atoms with E-state index in [4.69, 9.17) is 10.5 Å². The van der Waals surface area contributed by atoms with Gasteiger partial charge in [0.25, 0.3) is 0 Å². The molecule has 5 nitrogen and oxygen atoms in total. The van der Waals surface area contributed by atoms with E-state index in [1.54, 1.807) is 27.7 Å². The largest absolute Gasteiger partial charge is 0.464 e. The topological polar surface area (TPSA) is 78.6 Å². The molecule has 0 rings (SSSR count). The predicted molar refractivity (Wildman–Crippen MR) is 50.5 cm³/mol. The molecule has 1 unspecified atom stereocenters. The summed E-state index contributed by atoms with van der Waals surface area (Å²) >= 11 is 0. The standard InChI is InChI=1S/C9H17NO4/c1-5-13-7(11)6(10)8(12)14-9(2,3)4/h6H,5,10H2,1-4H3. The Hall–Kier alpha value is -1.10. The highest BCUT2D eigenvalue weighted by atomic mass is 16.6.